The fourth-order valence-corrected chi connectivity index (χ4v) is 3.05. The Morgan fingerprint density at radius 1 is 1.31 bits per heavy atom. The van der Waals surface area contributed by atoms with Gasteiger partial charge in [-0.25, -0.2) is 0 Å². The van der Waals surface area contributed by atoms with Gasteiger partial charge >= 0.3 is 5.97 Å². The van der Waals surface area contributed by atoms with Crippen molar-refractivity contribution in [2.45, 2.75) is 11.9 Å². The number of aromatic amines is 1. The number of nitrogens with zero attached hydrogens (tertiary/aromatic N) is 1. The molecule has 0 unspecified atom stereocenters. The third kappa shape index (κ3) is 4.74. The number of benzene rings is 1. The van der Waals surface area contributed by atoms with Crippen LogP contribution < -0.4 is 10.3 Å². The molecule has 1 N–H and O–H groups in total. The van der Waals surface area contributed by atoms with E-state index in [1.165, 1.54) is 13.2 Å². The van der Waals surface area contributed by atoms with Crippen LogP contribution in [0.3, 0.4) is 0 Å². The van der Waals surface area contributed by atoms with Gasteiger partial charge in [0.1, 0.15) is 11.8 Å². The Kier molecular flexibility index (Phi) is 6.58. The van der Waals surface area contributed by atoms with Gasteiger partial charge in [0.2, 0.25) is 11.3 Å². The lowest BCUT2D eigenvalue weighted by Gasteiger charge is -2.08. The Labute approximate surface area is 153 Å². The first-order chi connectivity index (χ1) is 12.5. The van der Waals surface area contributed by atoms with Crippen LogP contribution in [-0.2, 0) is 9.53 Å². The van der Waals surface area contributed by atoms with Crippen molar-refractivity contribution < 1.29 is 19.1 Å². The van der Waals surface area contributed by atoms with Crippen LogP contribution in [0.1, 0.15) is 21.5 Å². The summed E-state index contributed by atoms with van der Waals surface area (Å²) in [4.78, 5) is 38.0. The number of ether oxygens (including phenoxy) is 2. The first-order valence-electron chi connectivity index (χ1n) is 7.55. The zero-order chi connectivity index (χ0) is 19.1. The van der Waals surface area contributed by atoms with Crippen LogP contribution in [0.4, 0.5) is 0 Å². The molecule has 0 saturated carbocycles. The number of ketones is 1. The molecule has 0 aliphatic rings. The van der Waals surface area contributed by atoms with Gasteiger partial charge < -0.3 is 14.5 Å². The SMILES string of the molecule is COc1ccccc1C(=O)COC(=O)CSc1[nH]c(=O)cc(C)c1C#N. The van der Waals surface area contributed by atoms with E-state index >= 15 is 0 Å². The Morgan fingerprint density at radius 3 is 2.73 bits per heavy atom. The molecule has 0 saturated heterocycles. The Hall–Kier alpha value is -3.05. The third-order valence-corrected chi connectivity index (χ3v) is 4.40. The van der Waals surface area contributed by atoms with Gasteiger partial charge in [-0.3, -0.25) is 14.4 Å². The highest BCUT2D eigenvalue weighted by atomic mass is 32.2. The molecule has 0 atom stereocenters. The van der Waals surface area contributed by atoms with Crippen LogP contribution in [0.25, 0.3) is 0 Å². The summed E-state index contributed by atoms with van der Waals surface area (Å²) in [7, 11) is 1.45. The van der Waals surface area contributed by atoms with E-state index in [2.05, 4.69) is 4.98 Å². The molecule has 0 bridgehead atoms. The summed E-state index contributed by atoms with van der Waals surface area (Å²) in [6.07, 6.45) is 0. The highest BCUT2D eigenvalue weighted by molar-refractivity contribution is 7.99. The number of thioether (sulfide) groups is 1. The third-order valence-electron chi connectivity index (χ3n) is 3.42. The number of carbonyl (C=O) groups excluding carboxylic acids is 2. The Morgan fingerprint density at radius 2 is 2.04 bits per heavy atom. The maximum atomic E-state index is 12.1. The number of pyridine rings is 1. The lowest BCUT2D eigenvalue weighted by Crippen LogP contribution is -2.16. The molecule has 134 valence electrons. The molecular formula is C18H16N2O5S. The first kappa shape index (κ1) is 19.3. The van der Waals surface area contributed by atoms with Crippen LogP contribution in [-0.4, -0.2) is 36.2 Å². The zero-order valence-corrected chi connectivity index (χ0v) is 15.0. The zero-order valence-electron chi connectivity index (χ0n) is 14.2. The highest BCUT2D eigenvalue weighted by Gasteiger charge is 2.15. The standard InChI is InChI=1S/C18H16N2O5S/c1-11-7-16(22)20-18(13(11)8-19)26-10-17(23)25-9-14(21)12-5-3-4-6-15(12)24-2/h3-7H,9-10H2,1-2H3,(H,20,22). The maximum Gasteiger partial charge on any atom is 0.316 e. The van der Waals surface area contributed by atoms with Crippen molar-refractivity contribution >= 4 is 23.5 Å². The Balaban J connectivity index is 1.95. The number of H-pyrrole nitrogens is 1. The second kappa shape index (κ2) is 8.87. The second-order valence-electron chi connectivity index (χ2n) is 5.21. The van der Waals surface area contributed by atoms with Crippen molar-refractivity contribution in [3.63, 3.8) is 0 Å². The quantitative estimate of drug-likeness (QED) is 0.450. The molecule has 0 amide bonds. The van der Waals surface area contributed by atoms with E-state index in [0.29, 0.717) is 27.5 Å². The van der Waals surface area contributed by atoms with Gasteiger partial charge in [-0.2, -0.15) is 5.26 Å². The summed E-state index contributed by atoms with van der Waals surface area (Å²) in [6.45, 7) is 1.22. The van der Waals surface area contributed by atoms with E-state index in [4.69, 9.17) is 14.7 Å². The predicted molar refractivity (Wildman–Crippen MR) is 95.5 cm³/mol. The molecule has 2 rings (SSSR count). The van der Waals surface area contributed by atoms with Crippen molar-refractivity contribution in [1.82, 2.24) is 4.98 Å². The molecule has 0 spiro atoms. The van der Waals surface area contributed by atoms with E-state index in [1.807, 2.05) is 6.07 Å². The molecule has 1 heterocycles. The van der Waals surface area contributed by atoms with Gasteiger partial charge in [0, 0.05) is 6.07 Å². The number of para-hydroxylation sites is 1. The fraction of sp³-hybridized carbons (Fsp3) is 0.222. The van der Waals surface area contributed by atoms with Gasteiger partial charge in [-0.05, 0) is 24.6 Å². The van der Waals surface area contributed by atoms with Crippen LogP contribution in [0.5, 0.6) is 5.75 Å². The van der Waals surface area contributed by atoms with Crippen molar-refractivity contribution in [2.75, 3.05) is 19.5 Å². The number of hydrogen-bond donors (Lipinski definition) is 1. The average molecular weight is 372 g/mol. The highest BCUT2D eigenvalue weighted by Crippen LogP contribution is 2.21. The topological polar surface area (TPSA) is 109 Å². The molecular weight excluding hydrogens is 356 g/mol. The molecule has 2 aromatic rings. The number of methoxy groups -OCH3 is 1. The monoisotopic (exact) mass is 372 g/mol. The van der Waals surface area contributed by atoms with E-state index in [-0.39, 0.29) is 17.1 Å². The lowest BCUT2D eigenvalue weighted by molar-refractivity contribution is -0.139. The van der Waals surface area contributed by atoms with E-state index in [1.54, 1.807) is 31.2 Å². The normalized spacial score (nSPS) is 10.0. The Bertz CT molecular complexity index is 930. The second-order valence-corrected chi connectivity index (χ2v) is 6.19. The van der Waals surface area contributed by atoms with Crippen molar-refractivity contribution in [3.8, 4) is 11.8 Å². The minimum Gasteiger partial charge on any atom is -0.496 e. The first-order valence-corrected chi connectivity index (χ1v) is 8.53. The van der Waals surface area contributed by atoms with Gasteiger partial charge in [0.05, 0.1) is 29.0 Å². The molecule has 26 heavy (non-hydrogen) atoms. The summed E-state index contributed by atoms with van der Waals surface area (Å²) >= 11 is 0.975. The predicted octanol–water partition coefficient (Wildman–Crippen LogP) is 2.08. The van der Waals surface area contributed by atoms with Crippen LogP contribution >= 0.6 is 11.8 Å². The maximum absolute atomic E-state index is 12.1. The summed E-state index contributed by atoms with van der Waals surface area (Å²) in [5.41, 5.74) is 0.792. The van der Waals surface area contributed by atoms with Gasteiger partial charge in [-0.15, -0.1) is 0 Å². The van der Waals surface area contributed by atoms with Gasteiger partial charge in [-0.1, -0.05) is 23.9 Å². The molecule has 1 aromatic heterocycles. The number of hydrogen-bond acceptors (Lipinski definition) is 7. The number of rotatable bonds is 7. The molecule has 8 heteroatoms. The fourth-order valence-electron chi connectivity index (χ4n) is 2.18. The van der Waals surface area contributed by atoms with Crippen LogP contribution in [0.2, 0.25) is 0 Å². The number of nitrogens with one attached hydrogen (secondary N) is 1. The summed E-state index contributed by atoms with van der Waals surface area (Å²) in [5.74, 6) is -0.765. The molecule has 0 radical (unpaired) electrons. The molecule has 1 aromatic carbocycles. The van der Waals surface area contributed by atoms with E-state index < -0.39 is 12.6 Å². The number of esters is 1. The van der Waals surface area contributed by atoms with Crippen molar-refractivity contribution in [2.24, 2.45) is 0 Å². The van der Waals surface area contributed by atoms with Crippen LogP contribution in [0, 0.1) is 18.3 Å². The largest absolute Gasteiger partial charge is 0.496 e. The minimum absolute atomic E-state index is 0.146. The van der Waals surface area contributed by atoms with Gasteiger partial charge in [0.15, 0.2) is 6.61 Å². The summed E-state index contributed by atoms with van der Waals surface area (Å²) in [5, 5.41) is 9.45. The molecule has 0 aliphatic heterocycles. The van der Waals surface area contributed by atoms with Crippen molar-refractivity contribution in [3.05, 3.63) is 57.4 Å². The number of nitriles is 1. The summed E-state index contributed by atoms with van der Waals surface area (Å²) < 4.78 is 10.1. The lowest BCUT2D eigenvalue weighted by atomic mass is 10.1. The number of carbonyl (C=O) groups is 2. The van der Waals surface area contributed by atoms with E-state index in [0.717, 1.165) is 11.8 Å². The average Bonchev–Trinajstić information content (AvgIpc) is 2.63. The van der Waals surface area contributed by atoms with Crippen molar-refractivity contribution in [1.29, 1.82) is 5.26 Å². The molecule has 0 aliphatic carbocycles. The van der Waals surface area contributed by atoms with Gasteiger partial charge in [0.25, 0.3) is 0 Å². The number of Topliss-reactive ketones (excluding diaryl/α,β-unsaturated/α-hetero) is 1. The molecule has 7 nitrogen and oxygen atoms in total. The summed E-state index contributed by atoms with van der Waals surface area (Å²) in [6, 6.07) is 9.94. The van der Waals surface area contributed by atoms with Crippen LogP contribution in [0.15, 0.2) is 40.2 Å². The minimum atomic E-state index is -0.635. The van der Waals surface area contributed by atoms with E-state index in [9.17, 15) is 14.4 Å². The molecule has 0 fully saturated rings. The number of aromatic nitrogens is 1. The number of aryl methyl sites for hydroxylation is 1. The smallest absolute Gasteiger partial charge is 0.316 e.